The van der Waals surface area contributed by atoms with Crippen LogP contribution >= 0.6 is 35.0 Å². The first-order chi connectivity index (χ1) is 16.9. The van der Waals surface area contributed by atoms with E-state index < -0.39 is 17.0 Å². The van der Waals surface area contributed by atoms with Gasteiger partial charge in [-0.25, -0.2) is 4.39 Å². The molecule has 0 aliphatic carbocycles. The molecule has 4 rings (SSSR count). The van der Waals surface area contributed by atoms with E-state index in [0.29, 0.717) is 33.7 Å². The summed E-state index contributed by atoms with van der Waals surface area (Å²) in [6.45, 7) is 2.32. The molecule has 0 atom stereocenters. The highest BCUT2D eigenvalue weighted by Crippen LogP contribution is 2.40. The van der Waals surface area contributed by atoms with E-state index >= 15 is 0 Å². The zero-order valence-corrected chi connectivity index (χ0v) is 20.9. The van der Waals surface area contributed by atoms with Gasteiger partial charge in [0.05, 0.1) is 23.1 Å². The summed E-state index contributed by atoms with van der Waals surface area (Å²) in [6, 6.07) is 16.6. The van der Waals surface area contributed by atoms with Gasteiger partial charge in [0.15, 0.2) is 11.5 Å². The van der Waals surface area contributed by atoms with Crippen LogP contribution in [-0.4, -0.2) is 22.7 Å². The highest BCUT2D eigenvalue weighted by molar-refractivity contribution is 8.18. The maximum Gasteiger partial charge on any atom is 0.293 e. The molecular weight excluding hydrogens is 512 g/mol. The Hall–Kier alpha value is -3.00. The van der Waals surface area contributed by atoms with Crippen molar-refractivity contribution in [2.45, 2.75) is 20.1 Å². The normalized spacial score (nSPS) is 14.6. The predicted molar refractivity (Wildman–Crippen MR) is 136 cm³/mol. The number of amides is 2. The molecular formula is C26H20Cl2FNO4S. The Kier molecular flexibility index (Phi) is 8.00. The number of rotatable bonds is 8. The maximum absolute atomic E-state index is 14.0. The SMILES string of the molecule is CCOc1cc(/C=C2\SC(=O)N(Cc3ccccc3F)C2=O)cc(Cl)c1OCc1ccc(Cl)cc1. The van der Waals surface area contributed by atoms with E-state index in [1.807, 2.05) is 19.1 Å². The van der Waals surface area contributed by atoms with E-state index in [0.717, 1.165) is 22.2 Å². The van der Waals surface area contributed by atoms with Crippen LogP contribution in [0.2, 0.25) is 10.0 Å². The first-order valence-electron chi connectivity index (χ1n) is 10.7. The molecule has 1 saturated heterocycles. The number of imide groups is 1. The minimum atomic E-state index is -0.500. The summed E-state index contributed by atoms with van der Waals surface area (Å²) in [7, 11) is 0. The van der Waals surface area contributed by atoms with Gasteiger partial charge in [-0.15, -0.1) is 0 Å². The molecule has 0 bridgehead atoms. The highest BCUT2D eigenvalue weighted by atomic mass is 35.5. The standard InChI is InChI=1S/C26H20Cl2FNO4S/c1-2-33-22-12-17(11-20(28)24(22)34-15-16-7-9-19(27)10-8-16)13-23-25(31)30(26(32)35-23)14-18-5-3-4-6-21(18)29/h3-13H,2,14-15H2,1H3/b23-13-. The number of benzene rings is 3. The van der Waals surface area contributed by atoms with Gasteiger partial charge in [-0.05, 0) is 66.2 Å². The van der Waals surface area contributed by atoms with Crippen LogP contribution in [0.1, 0.15) is 23.6 Å². The molecule has 1 aliphatic heterocycles. The lowest BCUT2D eigenvalue weighted by Crippen LogP contribution is -2.27. The van der Waals surface area contributed by atoms with Crippen LogP contribution in [0.4, 0.5) is 9.18 Å². The van der Waals surface area contributed by atoms with Crippen molar-refractivity contribution >= 4 is 52.2 Å². The summed E-state index contributed by atoms with van der Waals surface area (Å²) in [5.74, 6) is -0.197. The summed E-state index contributed by atoms with van der Waals surface area (Å²) in [6.07, 6.45) is 1.56. The second kappa shape index (κ2) is 11.2. The number of halogens is 3. The summed E-state index contributed by atoms with van der Waals surface area (Å²) in [5, 5.41) is 0.453. The summed E-state index contributed by atoms with van der Waals surface area (Å²) >= 11 is 13.2. The lowest BCUT2D eigenvalue weighted by molar-refractivity contribution is -0.123. The van der Waals surface area contributed by atoms with Crippen molar-refractivity contribution in [3.05, 3.63) is 98.1 Å². The number of hydrogen-bond acceptors (Lipinski definition) is 5. The van der Waals surface area contributed by atoms with Gasteiger partial charge < -0.3 is 9.47 Å². The fourth-order valence-corrected chi connectivity index (χ4v) is 4.63. The summed E-state index contributed by atoms with van der Waals surface area (Å²) < 4.78 is 25.6. The smallest absolute Gasteiger partial charge is 0.293 e. The molecule has 0 N–H and O–H groups in total. The molecule has 0 spiro atoms. The number of carbonyl (C=O) groups excluding carboxylic acids is 2. The number of hydrogen-bond donors (Lipinski definition) is 0. The van der Waals surface area contributed by atoms with Crippen LogP contribution in [0, 0.1) is 5.82 Å². The third kappa shape index (κ3) is 5.99. The van der Waals surface area contributed by atoms with E-state index in [1.54, 1.807) is 48.5 Å². The topological polar surface area (TPSA) is 55.8 Å². The minimum absolute atomic E-state index is 0.142. The largest absolute Gasteiger partial charge is 0.490 e. The number of carbonyl (C=O) groups is 2. The van der Waals surface area contributed by atoms with E-state index in [2.05, 4.69) is 0 Å². The Morgan fingerprint density at radius 2 is 1.77 bits per heavy atom. The molecule has 5 nitrogen and oxygen atoms in total. The van der Waals surface area contributed by atoms with Crippen molar-refractivity contribution in [1.82, 2.24) is 4.90 Å². The quantitative estimate of drug-likeness (QED) is 0.284. The van der Waals surface area contributed by atoms with Crippen molar-refractivity contribution in [3.63, 3.8) is 0 Å². The monoisotopic (exact) mass is 531 g/mol. The van der Waals surface area contributed by atoms with Crippen LogP contribution in [0.25, 0.3) is 6.08 Å². The van der Waals surface area contributed by atoms with Gasteiger partial charge >= 0.3 is 0 Å². The Morgan fingerprint density at radius 3 is 2.49 bits per heavy atom. The van der Waals surface area contributed by atoms with Gasteiger partial charge in [-0.1, -0.05) is 53.5 Å². The third-order valence-electron chi connectivity index (χ3n) is 5.09. The van der Waals surface area contributed by atoms with Crippen LogP contribution in [0.3, 0.4) is 0 Å². The van der Waals surface area contributed by atoms with Crippen LogP contribution in [0.15, 0.2) is 65.6 Å². The first-order valence-corrected chi connectivity index (χ1v) is 12.2. The van der Waals surface area contributed by atoms with Gasteiger partial charge in [0, 0.05) is 10.6 Å². The van der Waals surface area contributed by atoms with E-state index in [4.69, 9.17) is 32.7 Å². The van der Waals surface area contributed by atoms with Gasteiger partial charge in [-0.3, -0.25) is 14.5 Å². The fourth-order valence-electron chi connectivity index (χ4n) is 3.40. The van der Waals surface area contributed by atoms with Gasteiger partial charge in [-0.2, -0.15) is 0 Å². The maximum atomic E-state index is 14.0. The number of thioether (sulfide) groups is 1. The molecule has 2 amide bonds. The van der Waals surface area contributed by atoms with Crippen molar-refractivity contribution in [2.75, 3.05) is 6.61 Å². The predicted octanol–water partition coefficient (Wildman–Crippen LogP) is 7.35. The molecule has 35 heavy (non-hydrogen) atoms. The lowest BCUT2D eigenvalue weighted by atomic mass is 10.1. The Morgan fingerprint density at radius 1 is 1.03 bits per heavy atom. The zero-order chi connectivity index (χ0) is 24.9. The van der Waals surface area contributed by atoms with Crippen LogP contribution < -0.4 is 9.47 Å². The minimum Gasteiger partial charge on any atom is -0.490 e. The summed E-state index contributed by atoms with van der Waals surface area (Å²) in [4.78, 5) is 26.6. The number of ether oxygens (including phenoxy) is 2. The van der Waals surface area contributed by atoms with Gasteiger partial charge in [0.2, 0.25) is 0 Å². The lowest BCUT2D eigenvalue weighted by Gasteiger charge is -2.15. The third-order valence-corrected chi connectivity index (χ3v) is 6.53. The summed E-state index contributed by atoms with van der Waals surface area (Å²) in [5.41, 5.74) is 1.73. The molecule has 1 aliphatic rings. The Balaban J connectivity index is 1.55. The number of nitrogens with zero attached hydrogens (tertiary/aromatic N) is 1. The second-order valence-electron chi connectivity index (χ2n) is 7.54. The molecule has 0 unspecified atom stereocenters. The zero-order valence-electron chi connectivity index (χ0n) is 18.6. The van der Waals surface area contributed by atoms with Crippen molar-refractivity contribution < 1.29 is 23.5 Å². The van der Waals surface area contributed by atoms with Crippen LogP contribution in [-0.2, 0) is 17.9 Å². The molecule has 0 radical (unpaired) electrons. The second-order valence-corrected chi connectivity index (χ2v) is 9.37. The molecule has 9 heteroatoms. The van der Waals surface area contributed by atoms with Crippen molar-refractivity contribution in [1.29, 1.82) is 0 Å². The van der Waals surface area contributed by atoms with E-state index in [-0.39, 0.29) is 23.6 Å². The average molecular weight is 532 g/mol. The molecule has 180 valence electrons. The molecule has 0 aromatic heterocycles. The Bertz CT molecular complexity index is 1300. The molecule has 3 aromatic carbocycles. The van der Waals surface area contributed by atoms with Gasteiger partial charge in [0.1, 0.15) is 12.4 Å². The van der Waals surface area contributed by atoms with Gasteiger partial charge in [0.25, 0.3) is 11.1 Å². The highest BCUT2D eigenvalue weighted by Gasteiger charge is 2.35. The molecule has 1 fully saturated rings. The van der Waals surface area contributed by atoms with Crippen molar-refractivity contribution in [3.8, 4) is 11.5 Å². The molecule has 1 heterocycles. The first kappa shape index (κ1) is 25.1. The van der Waals surface area contributed by atoms with Crippen LogP contribution in [0.5, 0.6) is 11.5 Å². The average Bonchev–Trinajstić information content (AvgIpc) is 3.08. The van der Waals surface area contributed by atoms with E-state index in [9.17, 15) is 14.0 Å². The molecule has 0 saturated carbocycles. The fraction of sp³-hybridized carbons (Fsp3) is 0.154. The van der Waals surface area contributed by atoms with Crippen molar-refractivity contribution in [2.24, 2.45) is 0 Å². The van der Waals surface area contributed by atoms with E-state index in [1.165, 1.54) is 6.07 Å². The molecule has 3 aromatic rings. The Labute approximate surface area is 216 Å².